The summed E-state index contributed by atoms with van der Waals surface area (Å²) in [5.41, 5.74) is 1.95. The highest BCUT2D eigenvalue weighted by Gasteiger charge is 2.05. The Morgan fingerprint density at radius 2 is 1.90 bits per heavy atom. The van der Waals surface area contributed by atoms with Gasteiger partial charge in [-0.1, -0.05) is 13.8 Å². The second-order valence-electron chi connectivity index (χ2n) is 5.14. The number of rotatable bonds is 9. The molecule has 0 atom stereocenters. The van der Waals surface area contributed by atoms with Gasteiger partial charge in [0.05, 0.1) is 0 Å². The number of benzene rings is 1. The summed E-state index contributed by atoms with van der Waals surface area (Å²) in [5, 5.41) is 13.4. The van der Waals surface area contributed by atoms with E-state index in [-0.39, 0.29) is 0 Å². The molecule has 2 N–H and O–H groups in total. The third-order valence-electron chi connectivity index (χ3n) is 3.63. The van der Waals surface area contributed by atoms with Crippen LogP contribution in [0, 0.1) is 10.5 Å². The van der Waals surface area contributed by atoms with Gasteiger partial charge >= 0.3 is 0 Å². The Kier molecular flexibility index (Phi) is 8.49. The predicted octanol–water partition coefficient (Wildman–Crippen LogP) is 3.52. The monoisotopic (exact) mass is 390 g/mol. The molecule has 0 aliphatic heterocycles. The molecule has 0 bridgehead atoms. The van der Waals surface area contributed by atoms with Crippen molar-refractivity contribution >= 4 is 22.6 Å². The third-order valence-corrected chi connectivity index (χ3v) is 4.25. The first-order valence-electron chi connectivity index (χ1n) is 7.49. The molecule has 20 heavy (non-hydrogen) atoms. The maximum atomic E-state index is 10.0. The Morgan fingerprint density at radius 3 is 2.55 bits per heavy atom. The van der Waals surface area contributed by atoms with Crippen molar-refractivity contribution in [2.45, 2.75) is 40.2 Å². The van der Waals surface area contributed by atoms with Gasteiger partial charge in [0.1, 0.15) is 5.75 Å². The first-order valence-corrected chi connectivity index (χ1v) is 8.57. The van der Waals surface area contributed by atoms with E-state index in [4.69, 9.17) is 0 Å². The van der Waals surface area contributed by atoms with Gasteiger partial charge in [-0.25, -0.2) is 0 Å². The van der Waals surface area contributed by atoms with E-state index >= 15 is 0 Å². The van der Waals surface area contributed by atoms with Crippen LogP contribution in [0.5, 0.6) is 5.75 Å². The van der Waals surface area contributed by atoms with E-state index in [2.05, 4.69) is 46.7 Å². The van der Waals surface area contributed by atoms with Crippen LogP contribution in [0.4, 0.5) is 0 Å². The fraction of sp³-hybridized carbons (Fsp3) is 0.625. The quantitative estimate of drug-likeness (QED) is 0.500. The van der Waals surface area contributed by atoms with Crippen LogP contribution in [0.25, 0.3) is 0 Å². The maximum Gasteiger partial charge on any atom is 0.123 e. The first kappa shape index (κ1) is 17.7. The Balaban J connectivity index is 2.25. The lowest BCUT2D eigenvalue weighted by molar-refractivity contribution is 0.296. The van der Waals surface area contributed by atoms with Crippen molar-refractivity contribution < 1.29 is 5.11 Å². The van der Waals surface area contributed by atoms with Crippen molar-refractivity contribution in [1.82, 2.24) is 10.2 Å². The summed E-state index contributed by atoms with van der Waals surface area (Å²) in [6, 6.07) is 4.05. The Bertz CT molecular complexity index is 406. The zero-order valence-corrected chi connectivity index (χ0v) is 15.0. The summed E-state index contributed by atoms with van der Waals surface area (Å²) in [6.07, 6.45) is 2.41. The van der Waals surface area contributed by atoms with Gasteiger partial charge in [0.25, 0.3) is 0 Å². The number of hydrogen-bond acceptors (Lipinski definition) is 3. The van der Waals surface area contributed by atoms with Crippen LogP contribution in [0.1, 0.15) is 37.8 Å². The second-order valence-corrected chi connectivity index (χ2v) is 6.39. The smallest absolute Gasteiger partial charge is 0.123 e. The largest absolute Gasteiger partial charge is 0.507 e. The Morgan fingerprint density at radius 1 is 1.20 bits per heavy atom. The number of aromatic hydroxyl groups is 1. The molecular formula is C16H27IN2O. The lowest BCUT2D eigenvalue weighted by Gasteiger charge is -2.17. The molecule has 0 spiro atoms. The summed E-state index contributed by atoms with van der Waals surface area (Å²) in [4.78, 5) is 2.45. The number of hydrogen-bond donors (Lipinski definition) is 2. The average Bonchev–Trinajstić information content (AvgIpc) is 2.43. The van der Waals surface area contributed by atoms with Crippen molar-refractivity contribution in [1.29, 1.82) is 0 Å². The van der Waals surface area contributed by atoms with Gasteiger partial charge < -0.3 is 15.3 Å². The van der Waals surface area contributed by atoms with Gasteiger partial charge in [0.2, 0.25) is 0 Å². The summed E-state index contributed by atoms with van der Waals surface area (Å²) in [5.74, 6) is 0.432. The molecule has 0 saturated heterocycles. The topological polar surface area (TPSA) is 35.5 Å². The van der Waals surface area contributed by atoms with Crippen LogP contribution >= 0.6 is 22.6 Å². The Labute approximate surface area is 136 Å². The number of unbranched alkanes of at least 4 members (excludes halogenated alkanes) is 1. The second kappa shape index (κ2) is 9.58. The molecule has 0 fully saturated rings. The minimum atomic E-state index is 0.432. The molecule has 1 rings (SSSR count). The molecule has 1 aromatic rings. The van der Waals surface area contributed by atoms with E-state index in [1.54, 1.807) is 0 Å². The highest BCUT2D eigenvalue weighted by molar-refractivity contribution is 14.1. The predicted molar refractivity (Wildman–Crippen MR) is 94.3 cm³/mol. The average molecular weight is 390 g/mol. The minimum Gasteiger partial charge on any atom is -0.507 e. The number of aryl methyl sites for hydroxylation is 1. The van der Waals surface area contributed by atoms with E-state index in [0.29, 0.717) is 5.75 Å². The van der Waals surface area contributed by atoms with Crippen LogP contribution in [-0.2, 0) is 6.54 Å². The molecule has 4 heteroatoms. The van der Waals surface area contributed by atoms with Gasteiger partial charge in [-0.3, -0.25) is 0 Å². The van der Waals surface area contributed by atoms with E-state index in [1.807, 2.05) is 19.1 Å². The van der Waals surface area contributed by atoms with E-state index in [0.717, 1.165) is 37.3 Å². The molecule has 0 heterocycles. The zero-order valence-electron chi connectivity index (χ0n) is 12.9. The van der Waals surface area contributed by atoms with E-state index in [9.17, 15) is 5.11 Å². The molecule has 1 aromatic carbocycles. The number of phenolic OH excluding ortho intramolecular Hbond substituents is 1. The third kappa shape index (κ3) is 5.97. The molecule has 0 aliphatic rings. The molecule has 0 amide bonds. The lowest BCUT2D eigenvalue weighted by Crippen LogP contribution is -2.25. The fourth-order valence-corrected chi connectivity index (χ4v) is 3.13. The fourth-order valence-electron chi connectivity index (χ4n) is 2.29. The van der Waals surface area contributed by atoms with Crippen LogP contribution in [0.15, 0.2) is 12.1 Å². The van der Waals surface area contributed by atoms with Crippen molar-refractivity contribution in [2.75, 3.05) is 26.2 Å². The normalized spacial score (nSPS) is 11.2. The van der Waals surface area contributed by atoms with Crippen molar-refractivity contribution in [2.24, 2.45) is 0 Å². The van der Waals surface area contributed by atoms with Crippen LogP contribution in [-0.4, -0.2) is 36.2 Å². The van der Waals surface area contributed by atoms with Gasteiger partial charge in [0, 0.05) is 15.7 Å². The molecule has 0 aromatic heterocycles. The molecule has 114 valence electrons. The molecule has 0 saturated carbocycles. The molecule has 0 aliphatic carbocycles. The minimum absolute atomic E-state index is 0.432. The zero-order chi connectivity index (χ0) is 15.0. The molecule has 0 unspecified atom stereocenters. The summed E-state index contributed by atoms with van der Waals surface area (Å²) in [7, 11) is 0. The maximum absolute atomic E-state index is 10.0. The van der Waals surface area contributed by atoms with Crippen LogP contribution < -0.4 is 5.32 Å². The Hall–Kier alpha value is -0.330. The number of nitrogens with zero attached hydrogens (tertiary/aromatic N) is 1. The van der Waals surface area contributed by atoms with Crippen molar-refractivity contribution in [3.8, 4) is 5.75 Å². The first-order chi connectivity index (χ1) is 9.58. The van der Waals surface area contributed by atoms with Crippen molar-refractivity contribution in [3.05, 3.63) is 26.8 Å². The number of halogens is 1. The standard InChI is InChI=1S/C16H27IN2O/c1-4-19(5-2)9-7-6-8-18-12-14-11-15(17)10-13(3)16(14)20/h10-11,18,20H,4-9,12H2,1-3H3. The summed E-state index contributed by atoms with van der Waals surface area (Å²) >= 11 is 2.29. The molecule has 0 radical (unpaired) electrons. The summed E-state index contributed by atoms with van der Waals surface area (Å²) in [6.45, 7) is 11.6. The highest BCUT2D eigenvalue weighted by Crippen LogP contribution is 2.24. The highest BCUT2D eigenvalue weighted by atomic mass is 127. The van der Waals surface area contributed by atoms with Crippen LogP contribution in [0.2, 0.25) is 0 Å². The van der Waals surface area contributed by atoms with Gasteiger partial charge in [0.15, 0.2) is 0 Å². The lowest BCUT2D eigenvalue weighted by atomic mass is 10.1. The summed E-state index contributed by atoms with van der Waals surface area (Å²) < 4.78 is 1.18. The van der Waals surface area contributed by atoms with Gasteiger partial charge in [-0.15, -0.1) is 0 Å². The van der Waals surface area contributed by atoms with Crippen LogP contribution in [0.3, 0.4) is 0 Å². The number of nitrogens with one attached hydrogen (secondary N) is 1. The molecular weight excluding hydrogens is 363 g/mol. The van der Waals surface area contributed by atoms with Gasteiger partial charge in [-0.2, -0.15) is 0 Å². The SMILES string of the molecule is CCN(CC)CCCCNCc1cc(I)cc(C)c1O. The number of phenols is 1. The van der Waals surface area contributed by atoms with Crippen molar-refractivity contribution in [3.63, 3.8) is 0 Å². The van der Waals surface area contributed by atoms with Gasteiger partial charge in [-0.05, 0) is 86.2 Å². The molecule has 3 nitrogen and oxygen atoms in total. The van der Waals surface area contributed by atoms with E-state index < -0.39 is 0 Å². The van der Waals surface area contributed by atoms with E-state index in [1.165, 1.54) is 23.0 Å².